The quantitative estimate of drug-likeness (QED) is 0.751. The van der Waals surface area contributed by atoms with E-state index in [0.29, 0.717) is 5.39 Å². The van der Waals surface area contributed by atoms with Crippen LogP contribution in [0.15, 0.2) is 72.8 Å². The third kappa shape index (κ3) is 3.49. The number of carbonyl (C=O) groups is 2. The lowest BCUT2D eigenvalue weighted by Crippen LogP contribution is -2.03. The van der Waals surface area contributed by atoms with Crippen molar-refractivity contribution >= 4 is 22.7 Å². The Morgan fingerprint density at radius 3 is 1.27 bits per heavy atom. The van der Waals surface area contributed by atoms with Crippen LogP contribution in [0.2, 0.25) is 0 Å². The molecule has 3 rings (SSSR count). The fraction of sp³-hybridized carbons (Fsp3) is 0. The standard InChI is InChI=1S/C12H8O4.C6H6/c13-11(14)8-5-1-3-7-4-2-6-9(10(7)8)12(15)16;1-2-4-6-5-3-1/h1-6H,(H,13,14)(H,15,16);1-6H. The number of benzene rings is 3. The number of aromatic carboxylic acids is 2. The zero-order valence-corrected chi connectivity index (χ0v) is 11.6. The van der Waals surface area contributed by atoms with Crippen LogP contribution in [-0.4, -0.2) is 22.2 Å². The van der Waals surface area contributed by atoms with E-state index in [1.165, 1.54) is 12.1 Å². The van der Waals surface area contributed by atoms with Crippen LogP contribution in [0.25, 0.3) is 10.8 Å². The van der Waals surface area contributed by atoms with E-state index in [1.54, 1.807) is 24.3 Å². The molecule has 0 bridgehead atoms. The third-order valence-electron chi connectivity index (χ3n) is 3.03. The Kier molecular flexibility index (Phi) is 4.88. The molecule has 0 heterocycles. The van der Waals surface area contributed by atoms with Gasteiger partial charge in [-0.05, 0) is 17.5 Å². The van der Waals surface area contributed by atoms with Crippen LogP contribution in [0, 0.1) is 0 Å². The van der Waals surface area contributed by atoms with Gasteiger partial charge in [0.25, 0.3) is 0 Å². The van der Waals surface area contributed by atoms with Gasteiger partial charge in [-0.25, -0.2) is 9.59 Å². The van der Waals surface area contributed by atoms with Crippen LogP contribution in [0.3, 0.4) is 0 Å². The van der Waals surface area contributed by atoms with E-state index < -0.39 is 11.9 Å². The minimum absolute atomic E-state index is 0.00972. The minimum Gasteiger partial charge on any atom is -0.478 e. The predicted molar refractivity (Wildman–Crippen MR) is 84.3 cm³/mol. The zero-order valence-electron chi connectivity index (χ0n) is 11.6. The van der Waals surface area contributed by atoms with Gasteiger partial charge < -0.3 is 10.2 Å². The number of rotatable bonds is 2. The maximum Gasteiger partial charge on any atom is 0.336 e. The Labute approximate surface area is 127 Å². The summed E-state index contributed by atoms with van der Waals surface area (Å²) < 4.78 is 0. The van der Waals surface area contributed by atoms with Gasteiger partial charge in [-0.1, -0.05) is 60.7 Å². The van der Waals surface area contributed by atoms with Crippen molar-refractivity contribution in [3.05, 3.63) is 83.9 Å². The Bertz CT molecular complexity index is 719. The minimum atomic E-state index is -1.13. The van der Waals surface area contributed by atoms with Crippen molar-refractivity contribution in [2.75, 3.05) is 0 Å². The lowest BCUT2D eigenvalue weighted by atomic mass is 9.99. The summed E-state index contributed by atoms with van der Waals surface area (Å²) in [5.74, 6) is -2.25. The SMILES string of the molecule is O=C(O)c1cccc2cccc(C(=O)O)c12.c1ccccc1. The second-order valence-electron chi connectivity index (χ2n) is 4.47. The van der Waals surface area contributed by atoms with Gasteiger partial charge in [-0.2, -0.15) is 0 Å². The van der Waals surface area contributed by atoms with Crippen molar-refractivity contribution < 1.29 is 19.8 Å². The molecule has 0 aliphatic rings. The van der Waals surface area contributed by atoms with Crippen molar-refractivity contribution in [1.82, 2.24) is 0 Å². The monoisotopic (exact) mass is 294 g/mol. The highest BCUT2D eigenvalue weighted by molar-refractivity contribution is 6.12. The first-order chi connectivity index (χ1) is 10.6. The largest absolute Gasteiger partial charge is 0.478 e. The van der Waals surface area contributed by atoms with Gasteiger partial charge in [0.2, 0.25) is 0 Å². The predicted octanol–water partition coefficient (Wildman–Crippen LogP) is 3.92. The molecule has 0 saturated heterocycles. The Balaban J connectivity index is 0.000000246. The Morgan fingerprint density at radius 2 is 0.955 bits per heavy atom. The first-order valence-corrected chi connectivity index (χ1v) is 6.59. The number of hydrogen-bond donors (Lipinski definition) is 2. The highest BCUT2D eigenvalue weighted by Gasteiger charge is 2.15. The summed E-state index contributed by atoms with van der Waals surface area (Å²) in [7, 11) is 0. The maximum atomic E-state index is 11.0. The molecule has 22 heavy (non-hydrogen) atoms. The molecule has 4 heteroatoms. The van der Waals surface area contributed by atoms with Crippen LogP contribution in [0.4, 0.5) is 0 Å². The molecule has 2 N–H and O–H groups in total. The lowest BCUT2D eigenvalue weighted by Gasteiger charge is -2.05. The van der Waals surface area contributed by atoms with E-state index in [2.05, 4.69) is 0 Å². The molecule has 0 aromatic heterocycles. The van der Waals surface area contributed by atoms with Gasteiger partial charge in [0.15, 0.2) is 0 Å². The summed E-state index contributed by atoms with van der Waals surface area (Å²) in [4.78, 5) is 22.0. The highest BCUT2D eigenvalue weighted by Crippen LogP contribution is 2.23. The van der Waals surface area contributed by atoms with Crippen molar-refractivity contribution in [3.8, 4) is 0 Å². The topological polar surface area (TPSA) is 74.6 Å². The molecule has 0 saturated carbocycles. The van der Waals surface area contributed by atoms with Gasteiger partial charge in [-0.15, -0.1) is 0 Å². The van der Waals surface area contributed by atoms with Gasteiger partial charge >= 0.3 is 11.9 Å². The molecule has 0 aliphatic heterocycles. The Morgan fingerprint density at radius 1 is 0.591 bits per heavy atom. The van der Waals surface area contributed by atoms with Crippen molar-refractivity contribution in [2.45, 2.75) is 0 Å². The van der Waals surface area contributed by atoms with Gasteiger partial charge in [0, 0.05) is 5.39 Å². The fourth-order valence-electron chi connectivity index (χ4n) is 2.08. The number of fused-ring (bicyclic) bond motifs is 1. The molecule has 110 valence electrons. The Hall–Kier alpha value is -3.14. The smallest absolute Gasteiger partial charge is 0.336 e. The van der Waals surface area contributed by atoms with Gasteiger partial charge in [-0.3, -0.25) is 0 Å². The fourth-order valence-corrected chi connectivity index (χ4v) is 2.08. The average molecular weight is 294 g/mol. The second-order valence-corrected chi connectivity index (χ2v) is 4.47. The molecular weight excluding hydrogens is 280 g/mol. The molecule has 0 radical (unpaired) electrons. The molecule has 0 spiro atoms. The summed E-state index contributed by atoms with van der Waals surface area (Å²) in [6.07, 6.45) is 0. The summed E-state index contributed by atoms with van der Waals surface area (Å²) in [6, 6.07) is 21.4. The summed E-state index contributed by atoms with van der Waals surface area (Å²) in [5.41, 5.74) is 0.0194. The molecular formula is C18H14O4. The summed E-state index contributed by atoms with van der Waals surface area (Å²) in [6.45, 7) is 0. The van der Waals surface area contributed by atoms with E-state index >= 15 is 0 Å². The molecule has 0 aliphatic carbocycles. The first-order valence-electron chi connectivity index (χ1n) is 6.59. The lowest BCUT2D eigenvalue weighted by molar-refractivity contribution is 0.0695. The number of carboxylic acids is 2. The van der Waals surface area contributed by atoms with Crippen molar-refractivity contribution in [2.24, 2.45) is 0 Å². The van der Waals surface area contributed by atoms with E-state index in [9.17, 15) is 9.59 Å². The summed E-state index contributed by atoms with van der Waals surface area (Å²) >= 11 is 0. The van der Waals surface area contributed by atoms with Crippen LogP contribution in [0.5, 0.6) is 0 Å². The first kappa shape index (κ1) is 15.3. The van der Waals surface area contributed by atoms with E-state index in [4.69, 9.17) is 10.2 Å². The van der Waals surface area contributed by atoms with Crippen LogP contribution in [-0.2, 0) is 0 Å². The molecule has 0 unspecified atom stereocenters. The molecule has 0 atom stereocenters. The van der Waals surface area contributed by atoms with Crippen molar-refractivity contribution in [1.29, 1.82) is 0 Å². The normalized spacial score (nSPS) is 9.64. The van der Waals surface area contributed by atoms with Crippen LogP contribution < -0.4 is 0 Å². The molecule has 4 nitrogen and oxygen atoms in total. The average Bonchev–Trinajstić information content (AvgIpc) is 2.55. The van der Waals surface area contributed by atoms with E-state index in [0.717, 1.165) is 0 Å². The maximum absolute atomic E-state index is 11.0. The van der Waals surface area contributed by atoms with Crippen molar-refractivity contribution in [3.63, 3.8) is 0 Å². The van der Waals surface area contributed by atoms with E-state index in [-0.39, 0.29) is 16.5 Å². The van der Waals surface area contributed by atoms with Gasteiger partial charge in [0.1, 0.15) is 0 Å². The van der Waals surface area contributed by atoms with Crippen LogP contribution >= 0.6 is 0 Å². The molecule has 3 aromatic rings. The number of carboxylic acid groups (broad SMARTS) is 2. The second kappa shape index (κ2) is 7.04. The highest BCUT2D eigenvalue weighted by atomic mass is 16.4. The number of hydrogen-bond acceptors (Lipinski definition) is 2. The third-order valence-corrected chi connectivity index (χ3v) is 3.03. The van der Waals surface area contributed by atoms with Gasteiger partial charge in [0.05, 0.1) is 11.1 Å². The zero-order chi connectivity index (χ0) is 15.9. The molecule has 0 amide bonds. The summed E-state index contributed by atoms with van der Waals surface area (Å²) in [5, 5.41) is 18.9. The van der Waals surface area contributed by atoms with E-state index in [1.807, 2.05) is 36.4 Å². The van der Waals surface area contributed by atoms with Crippen LogP contribution in [0.1, 0.15) is 20.7 Å². The molecule has 0 fully saturated rings. The molecule has 3 aromatic carbocycles.